The van der Waals surface area contributed by atoms with E-state index >= 15 is 0 Å². The fourth-order valence-corrected chi connectivity index (χ4v) is 2.55. The Labute approximate surface area is 113 Å². The first-order chi connectivity index (χ1) is 8.40. The van der Waals surface area contributed by atoms with Crippen molar-refractivity contribution in [2.24, 2.45) is 11.7 Å². The highest BCUT2D eigenvalue weighted by Gasteiger charge is 2.35. The van der Waals surface area contributed by atoms with Crippen LogP contribution >= 0.6 is 0 Å². The van der Waals surface area contributed by atoms with Crippen LogP contribution in [0.4, 0.5) is 0 Å². The number of nitrogens with two attached hydrogens (primary N) is 1. The van der Waals surface area contributed by atoms with Crippen LogP contribution in [0.5, 0.6) is 0 Å². The van der Waals surface area contributed by atoms with E-state index in [0.717, 1.165) is 26.2 Å². The number of hydrogen-bond acceptors (Lipinski definition) is 4. The van der Waals surface area contributed by atoms with Crippen LogP contribution in [0.1, 0.15) is 20.8 Å². The van der Waals surface area contributed by atoms with Gasteiger partial charge in [-0.1, -0.05) is 13.8 Å². The summed E-state index contributed by atoms with van der Waals surface area (Å²) in [5, 5.41) is 0. The molecule has 1 atom stereocenters. The fraction of sp³-hybridized carbons (Fsp3) is 1.00. The summed E-state index contributed by atoms with van der Waals surface area (Å²) in [6, 6.07) is 0. The Morgan fingerprint density at radius 2 is 1.72 bits per heavy atom. The molecule has 1 aliphatic heterocycles. The van der Waals surface area contributed by atoms with Gasteiger partial charge in [-0.15, -0.1) is 0 Å². The van der Waals surface area contributed by atoms with Crippen LogP contribution in [0.3, 0.4) is 0 Å². The summed E-state index contributed by atoms with van der Waals surface area (Å²) >= 11 is 0. The van der Waals surface area contributed by atoms with Crippen molar-refractivity contribution in [1.29, 1.82) is 0 Å². The smallest absolute Gasteiger partial charge is 0.0327 e. The average molecular weight is 256 g/mol. The lowest BCUT2D eigenvalue weighted by Crippen LogP contribution is -2.61. The Kier molecular flexibility index (Phi) is 6.05. The molecular formula is C14H32N4. The van der Waals surface area contributed by atoms with Crippen LogP contribution in [-0.2, 0) is 0 Å². The molecule has 18 heavy (non-hydrogen) atoms. The van der Waals surface area contributed by atoms with Crippen LogP contribution < -0.4 is 5.73 Å². The third-order valence-electron chi connectivity index (χ3n) is 4.62. The third-order valence-corrected chi connectivity index (χ3v) is 4.62. The van der Waals surface area contributed by atoms with Crippen molar-refractivity contribution in [1.82, 2.24) is 14.7 Å². The van der Waals surface area contributed by atoms with Gasteiger partial charge < -0.3 is 10.6 Å². The lowest BCUT2D eigenvalue weighted by Gasteiger charge is -2.48. The first-order valence-corrected chi connectivity index (χ1v) is 7.22. The molecule has 108 valence electrons. The van der Waals surface area contributed by atoms with E-state index in [1.165, 1.54) is 19.6 Å². The quantitative estimate of drug-likeness (QED) is 0.752. The van der Waals surface area contributed by atoms with Gasteiger partial charge >= 0.3 is 0 Å². The number of nitrogens with zero attached hydrogens (tertiary/aromatic N) is 3. The second-order valence-electron chi connectivity index (χ2n) is 6.35. The molecule has 0 amide bonds. The predicted octanol–water partition coefficient (Wildman–Crippen LogP) is 0.539. The Morgan fingerprint density at radius 1 is 1.17 bits per heavy atom. The molecule has 0 radical (unpaired) electrons. The Hall–Kier alpha value is -0.160. The molecule has 1 unspecified atom stereocenters. The second kappa shape index (κ2) is 6.85. The summed E-state index contributed by atoms with van der Waals surface area (Å²) in [6.45, 7) is 14.6. The molecule has 1 saturated heterocycles. The summed E-state index contributed by atoms with van der Waals surface area (Å²) in [5.41, 5.74) is 6.17. The molecule has 0 bridgehead atoms. The standard InChI is InChI=1S/C14H32N4/c1-13(2)14(3,12-15)18-10-8-17(9-11-18)7-6-16(4)5/h13H,6-12,15H2,1-5H3. The van der Waals surface area contributed by atoms with Gasteiger partial charge in [0, 0.05) is 51.4 Å². The summed E-state index contributed by atoms with van der Waals surface area (Å²) < 4.78 is 0. The maximum atomic E-state index is 6.01. The first-order valence-electron chi connectivity index (χ1n) is 7.22. The van der Waals surface area contributed by atoms with Crippen molar-refractivity contribution >= 4 is 0 Å². The minimum Gasteiger partial charge on any atom is -0.329 e. The maximum absolute atomic E-state index is 6.01. The monoisotopic (exact) mass is 256 g/mol. The van der Waals surface area contributed by atoms with Crippen molar-refractivity contribution < 1.29 is 0 Å². The molecule has 0 aromatic rings. The Balaban J connectivity index is 2.43. The van der Waals surface area contributed by atoms with Crippen LogP contribution in [0.15, 0.2) is 0 Å². The Bertz CT molecular complexity index is 234. The molecule has 0 aromatic carbocycles. The van der Waals surface area contributed by atoms with Crippen molar-refractivity contribution in [2.75, 3.05) is 59.9 Å². The molecule has 0 saturated carbocycles. The van der Waals surface area contributed by atoms with Crippen LogP contribution in [0.25, 0.3) is 0 Å². The molecular weight excluding hydrogens is 224 g/mol. The van der Waals surface area contributed by atoms with E-state index in [9.17, 15) is 0 Å². The zero-order valence-corrected chi connectivity index (χ0v) is 12.9. The highest BCUT2D eigenvalue weighted by atomic mass is 15.3. The summed E-state index contributed by atoms with van der Waals surface area (Å²) in [5.74, 6) is 0.607. The van der Waals surface area contributed by atoms with Gasteiger partial charge in [0.2, 0.25) is 0 Å². The SMILES string of the molecule is CC(C)C(C)(CN)N1CCN(CCN(C)C)CC1. The van der Waals surface area contributed by atoms with E-state index in [2.05, 4.69) is 49.6 Å². The molecule has 1 rings (SSSR count). The van der Waals surface area contributed by atoms with Gasteiger partial charge in [0.15, 0.2) is 0 Å². The molecule has 0 aromatic heterocycles. The highest BCUT2D eigenvalue weighted by Crippen LogP contribution is 2.24. The molecule has 4 heteroatoms. The zero-order chi connectivity index (χ0) is 13.8. The van der Waals surface area contributed by atoms with Gasteiger partial charge in [0.25, 0.3) is 0 Å². The van der Waals surface area contributed by atoms with Crippen molar-refractivity contribution in [3.05, 3.63) is 0 Å². The summed E-state index contributed by atoms with van der Waals surface area (Å²) in [4.78, 5) is 7.40. The molecule has 1 fully saturated rings. The van der Waals surface area contributed by atoms with E-state index in [0.29, 0.717) is 5.92 Å². The zero-order valence-electron chi connectivity index (χ0n) is 12.9. The van der Waals surface area contributed by atoms with Gasteiger partial charge in [-0.2, -0.15) is 0 Å². The summed E-state index contributed by atoms with van der Waals surface area (Å²) in [6.07, 6.45) is 0. The Morgan fingerprint density at radius 3 is 2.11 bits per heavy atom. The summed E-state index contributed by atoms with van der Waals surface area (Å²) in [7, 11) is 4.28. The lowest BCUT2D eigenvalue weighted by molar-refractivity contribution is 0.0180. The molecule has 1 heterocycles. The topological polar surface area (TPSA) is 35.7 Å². The maximum Gasteiger partial charge on any atom is 0.0327 e. The van der Waals surface area contributed by atoms with Crippen molar-refractivity contribution in [3.8, 4) is 0 Å². The normalized spacial score (nSPS) is 22.7. The van der Waals surface area contributed by atoms with Crippen LogP contribution in [0, 0.1) is 5.92 Å². The largest absolute Gasteiger partial charge is 0.329 e. The van der Waals surface area contributed by atoms with E-state index in [-0.39, 0.29) is 5.54 Å². The number of likely N-dealkylation sites (N-methyl/N-ethyl adjacent to an activating group) is 1. The van der Waals surface area contributed by atoms with E-state index < -0.39 is 0 Å². The predicted molar refractivity (Wildman–Crippen MR) is 78.9 cm³/mol. The molecule has 0 spiro atoms. The van der Waals surface area contributed by atoms with Gasteiger partial charge in [-0.3, -0.25) is 9.80 Å². The minimum absolute atomic E-state index is 0.160. The van der Waals surface area contributed by atoms with E-state index in [1.54, 1.807) is 0 Å². The van der Waals surface area contributed by atoms with Gasteiger partial charge in [0.05, 0.1) is 0 Å². The van der Waals surface area contributed by atoms with Crippen LogP contribution in [-0.4, -0.2) is 80.1 Å². The molecule has 0 aliphatic carbocycles. The lowest BCUT2D eigenvalue weighted by atomic mass is 9.86. The third kappa shape index (κ3) is 3.92. The van der Waals surface area contributed by atoms with Gasteiger partial charge in [0.1, 0.15) is 0 Å². The van der Waals surface area contributed by atoms with E-state index in [4.69, 9.17) is 5.73 Å². The van der Waals surface area contributed by atoms with E-state index in [1.807, 2.05) is 0 Å². The van der Waals surface area contributed by atoms with Crippen LogP contribution in [0.2, 0.25) is 0 Å². The van der Waals surface area contributed by atoms with Crippen molar-refractivity contribution in [3.63, 3.8) is 0 Å². The molecule has 1 aliphatic rings. The number of piperazine rings is 1. The minimum atomic E-state index is 0.160. The second-order valence-corrected chi connectivity index (χ2v) is 6.35. The number of hydrogen-bond donors (Lipinski definition) is 1. The number of rotatable bonds is 6. The average Bonchev–Trinajstić information content (AvgIpc) is 2.35. The fourth-order valence-electron chi connectivity index (χ4n) is 2.55. The molecule has 4 nitrogen and oxygen atoms in total. The highest BCUT2D eigenvalue weighted by molar-refractivity contribution is 4.92. The van der Waals surface area contributed by atoms with Gasteiger partial charge in [-0.25, -0.2) is 0 Å². The molecule has 2 N–H and O–H groups in total. The van der Waals surface area contributed by atoms with Crippen molar-refractivity contribution in [2.45, 2.75) is 26.3 Å². The van der Waals surface area contributed by atoms with Gasteiger partial charge in [-0.05, 0) is 26.9 Å². The first kappa shape index (κ1) is 15.9.